The topological polar surface area (TPSA) is 41.0 Å². The van der Waals surface area contributed by atoms with Crippen LogP contribution in [0, 0.1) is 0 Å². The zero-order valence-electron chi connectivity index (χ0n) is 14.6. The number of nitrogens with one attached hydrogen (secondary N) is 1. The fourth-order valence-corrected chi connectivity index (χ4v) is 2.83. The van der Waals surface area contributed by atoms with E-state index < -0.39 is 0 Å². The van der Waals surface area contributed by atoms with E-state index in [-0.39, 0.29) is 0 Å². The zero-order chi connectivity index (χ0) is 17.3. The Morgan fingerprint density at radius 2 is 1.64 bits per heavy atom. The van der Waals surface area contributed by atoms with Crippen LogP contribution in [0.25, 0.3) is 0 Å². The van der Waals surface area contributed by atoms with Crippen molar-refractivity contribution >= 4 is 17.3 Å². The predicted molar refractivity (Wildman–Crippen MR) is 104 cm³/mol. The summed E-state index contributed by atoms with van der Waals surface area (Å²) in [6, 6.07) is 22.9. The number of aromatic nitrogens is 2. The third-order valence-electron chi connectivity index (χ3n) is 4.10. The molecule has 1 aromatic heterocycles. The maximum atomic E-state index is 4.44. The summed E-state index contributed by atoms with van der Waals surface area (Å²) in [4.78, 5) is 11.0. The van der Waals surface area contributed by atoms with Gasteiger partial charge in [0.1, 0.15) is 18.0 Å². The predicted octanol–water partition coefficient (Wildman–Crippen LogP) is 4.68. The molecule has 3 aromatic rings. The Morgan fingerprint density at radius 1 is 0.920 bits per heavy atom. The van der Waals surface area contributed by atoms with E-state index in [9.17, 15) is 0 Å². The Balaban J connectivity index is 1.59. The third kappa shape index (κ3) is 4.80. The largest absolute Gasteiger partial charge is 0.370 e. The molecule has 128 valence electrons. The minimum Gasteiger partial charge on any atom is -0.370 e. The Hall–Kier alpha value is -2.88. The quantitative estimate of drug-likeness (QED) is 0.608. The van der Waals surface area contributed by atoms with Crippen molar-refractivity contribution in [2.45, 2.75) is 19.8 Å². The summed E-state index contributed by atoms with van der Waals surface area (Å²) in [6.07, 6.45) is 3.76. The first-order chi connectivity index (χ1) is 12.4. The van der Waals surface area contributed by atoms with Crippen molar-refractivity contribution in [2.24, 2.45) is 0 Å². The van der Waals surface area contributed by atoms with Crippen LogP contribution in [0.2, 0.25) is 0 Å². The molecule has 25 heavy (non-hydrogen) atoms. The molecule has 0 saturated heterocycles. The number of benzene rings is 2. The van der Waals surface area contributed by atoms with Gasteiger partial charge in [-0.25, -0.2) is 9.97 Å². The van der Waals surface area contributed by atoms with Gasteiger partial charge in [-0.05, 0) is 37.5 Å². The van der Waals surface area contributed by atoms with Gasteiger partial charge < -0.3 is 10.2 Å². The Bertz CT molecular complexity index is 759. The molecular weight excluding hydrogens is 308 g/mol. The van der Waals surface area contributed by atoms with E-state index in [1.54, 1.807) is 6.33 Å². The van der Waals surface area contributed by atoms with Crippen LogP contribution in [-0.4, -0.2) is 23.1 Å². The molecule has 1 heterocycles. The number of para-hydroxylation sites is 1. The van der Waals surface area contributed by atoms with Gasteiger partial charge in [0, 0.05) is 24.8 Å². The van der Waals surface area contributed by atoms with Crippen LogP contribution in [-0.2, 0) is 6.42 Å². The van der Waals surface area contributed by atoms with E-state index in [4.69, 9.17) is 0 Å². The van der Waals surface area contributed by atoms with Crippen LogP contribution in [0.3, 0.4) is 0 Å². The van der Waals surface area contributed by atoms with Gasteiger partial charge >= 0.3 is 0 Å². The van der Waals surface area contributed by atoms with Gasteiger partial charge in [-0.2, -0.15) is 0 Å². The summed E-state index contributed by atoms with van der Waals surface area (Å²) >= 11 is 0. The van der Waals surface area contributed by atoms with Crippen LogP contribution in [0.4, 0.5) is 17.3 Å². The zero-order valence-corrected chi connectivity index (χ0v) is 14.6. The molecule has 0 atom stereocenters. The molecule has 0 unspecified atom stereocenters. The van der Waals surface area contributed by atoms with Crippen LogP contribution >= 0.6 is 0 Å². The number of hydrogen-bond acceptors (Lipinski definition) is 4. The molecule has 0 amide bonds. The molecule has 0 fully saturated rings. The fraction of sp³-hybridized carbons (Fsp3) is 0.238. The van der Waals surface area contributed by atoms with Crippen molar-refractivity contribution in [3.63, 3.8) is 0 Å². The van der Waals surface area contributed by atoms with Gasteiger partial charge in [0.05, 0.1) is 0 Å². The SMILES string of the molecule is CCN(c1ccccc1)c1cc(NCCCc2ccccc2)ncn1. The Kier molecular flexibility index (Phi) is 5.99. The van der Waals surface area contributed by atoms with E-state index in [1.165, 1.54) is 5.56 Å². The number of anilines is 3. The van der Waals surface area contributed by atoms with Gasteiger partial charge in [-0.1, -0.05) is 48.5 Å². The Labute approximate surface area is 149 Å². The van der Waals surface area contributed by atoms with Crippen molar-refractivity contribution in [2.75, 3.05) is 23.3 Å². The first kappa shape index (κ1) is 17.0. The highest BCUT2D eigenvalue weighted by molar-refractivity contribution is 5.61. The molecule has 2 aromatic carbocycles. The molecule has 4 nitrogen and oxygen atoms in total. The van der Waals surface area contributed by atoms with Crippen LogP contribution in [0.1, 0.15) is 18.9 Å². The third-order valence-corrected chi connectivity index (χ3v) is 4.10. The van der Waals surface area contributed by atoms with E-state index in [2.05, 4.69) is 69.6 Å². The number of hydrogen-bond donors (Lipinski definition) is 1. The lowest BCUT2D eigenvalue weighted by atomic mass is 10.1. The average Bonchev–Trinajstić information content (AvgIpc) is 2.68. The van der Waals surface area contributed by atoms with E-state index >= 15 is 0 Å². The molecule has 4 heteroatoms. The average molecular weight is 332 g/mol. The molecule has 1 N–H and O–H groups in total. The summed E-state index contributed by atoms with van der Waals surface area (Å²) < 4.78 is 0. The first-order valence-electron chi connectivity index (χ1n) is 8.79. The van der Waals surface area contributed by atoms with E-state index in [0.29, 0.717) is 0 Å². The summed E-state index contributed by atoms with van der Waals surface area (Å²) in [6.45, 7) is 3.87. The monoisotopic (exact) mass is 332 g/mol. The molecule has 0 radical (unpaired) electrons. The van der Waals surface area contributed by atoms with Crippen molar-refractivity contribution < 1.29 is 0 Å². The summed E-state index contributed by atoms with van der Waals surface area (Å²) in [5.41, 5.74) is 2.51. The van der Waals surface area contributed by atoms with E-state index in [0.717, 1.165) is 43.3 Å². The second-order valence-corrected chi connectivity index (χ2v) is 5.86. The molecule has 0 aliphatic heterocycles. The molecular formula is C21H24N4. The first-order valence-corrected chi connectivity index (χ1v) is 8.79. The molecule has 0 aliphatic rings. The summed E-state index contributed by atoms with van der Waals surface area (Å²) in [7, 11) is 0. The van der Waals surface area contributed by atoms with Crippen molar-refractivity contribution in [3.8, 4) is 0 Å². The summed E-state index contributed by atoms with van der Waals surface area (Å²) in [5, 5.41) is 3.41. The van der Waals surface area contributed by atoms with Gasteiger partial charge in [-0.3, -0.25) is 0 Å². The standard InChI is InChI=1S/C21H24N4/c1-2-25(19-13-7-4-8-14-19)21-16-20(23-17-24-21)22-15-9-12-18-10-5-3-6-11-18/h3-8,10-11,13-14,16-17H,2,9,12,15H2,1H3,(H,22,23,24). The van der Waals surface area contributed by atoms with Gasteiger partial charge in [0.15, 0.2) is 0 Å². The minimum atomic E-state index is 0.856. The molecule has 0 saturated carbocycles. The highest BCUT2D eigenvalue weighted by Crippen LogP contribution is 2.23. The minimum absolute atomic E-state index is 0.856. The maximum Gasteiger partial charge on any atom is 0.138 e. The summed E-state index contributed by atoms with van der Waals surface area (Å²) in [5.74, 6) is 1.78. The lowest BCUT2D eigenvalue weighted by Crippen LogP contribution is -2.18. The highest BCUT2D eigenvalue weighted by Gasteiger charge is 2.09. The van der Waals surface area contributed by atoms with Crippen LogP contribution < -0.4 is 10.2 Å². The van der Waals surface area contributed by atoms with E-state index in [1.807, 2.05) is 24.3 Å². The lowest BCUT2D eigenvalue weighted by Gasteiger charge is -2.22. The Morgan fingerprint density at radius 3 is 2.36 bits per heavy atom. The lowest BCUT2D eigenvalue weighted by molar-refractivity contribution is 0.857. The van der Waals surface area contributed by atoms with Crippen molar-refractivity contribution in [1.82, 2.24) is 9.97 Å². The van der Waals surface area contributed by atoms with Gasteiger partial charge in [0.2, 0.25) is 0 Å². The molecule has 0 spiro atoms. The maximum absolute atomic E-state index is 4.44. The van der Waals surface area contributed by atoms with Crippen LogP contribution in [0.15, 0.2) is 73.1 Å². The molecule has 3 rings (SSSR count). The number of aryl methyl sites for hydroxylation is 1. The smallest absolute Gasteiger partial charge is 0.138 e. The normalized spacial score (nSPS) is 10.4. The van der Waals surface area contributed by atoms with Crippen molar-refractivity contribution in [1.29, 1.82) is 0 Å². The highest BCUT2D eigenvalue weighted by atomic mass is 15.2. The fourth-order valence-electron chi connectivity index (χ4n) is 2.83. The van der Waals surface area contributed by atoms with Crippen LogP contribution in [0.5, 0.6) is 0 Å². The number of nitrogens with zero attached hydrogens (tertiary/aromatic N) is 3. The number of rotatable bonds is 8. The molecule has 0 bridgehead atoms. The second kappa shape index (κ2) is 8.83. The van der Waals surface area contributed by atoms with Gasteiger partial charge in [-0.15, -0.1) is 0 Å². The second-order valence-electron chi connectivity index (χ2n) is 5.86. The van der Waals surface area contributed by atoms with Gasteiger partial charge in [0.25, 0.3) is 0 Å². The molecule has 0 aliphatic carbocycles. The van der Waals surface area contributed by atoms with Crippen molar-refractivity contribution in [3.05, 3.63) is 78.6 Å².